The third-order valence-electron chi connectivity index (χ3n) is 2.90. The second-order valence-electron chi connectivity index (χ2n) is 4.62. The van der Waals surface area contributed by atoms with Crippen molar-refractivity contribution in [1.82, 2.24) is 10.3 Å². The van der Waals surface area contributed by atoms with Crippen LogP contribution in [0.15, 0.2) is 36.4 Å². The first-order valence-corrected chi connectivity index (χ1v) is 6.71. The zero-order valence-corrected chi connectivity index (χ0v) is 12.0. The van der Waals surface area contributed by atoms with Crippen molar-refractivity contribution in [3.8, 4) is 0 Å². The first kappa shape index (κ1) is 15.4. The molecule has 6 heteroatoms. The molecule has 0 aliphatic carbocycles. The Bertz CT molecular complexity index is 644. The number of hydrogen-bond acceptors (Lipinski definition) is 2. The number of halogens is 3. The number of carbonyl (C=O) groups excluding carboxylic acids is 1. The van der Waals surface area contributed by atoms with Gasteiger partial charge in [0.05, 0.1) is 0 Å². The number of pyridine rings is 1. The summed E-state index contributed by atoms with van der Waals surface area (Å²) in [5, 5.41) is 2.84. The van der Waals surface area contributed by atoms with Crippen LogP contribution in [0.4, 0.5) is 8.78 Å². The topological polar surface area (TPSA) is 42.0 Å². The average Bonchev–Trinajstić information content (AvgIpc) is 2.43. The van der Waals surface area contributed by atoms with Crippen LogP contribution in [0.25, 0.3) is 0 Å². The van der Waals surface area contributed by atoms with Crippen LogP contribution >= 0.6 is 11.6 Å². The molecule has 1 unspecified atom stereocenters. The lowest BCUT2D eigenvalue weighted by Gasteiger charge is -2.14. The van der Waals surface area contributed by atoms with Crippen LogP contribution in [0.2, 0.25) is 5.15 Å². The van der Waals surface area contributed by atoms with Crippen molar-refractivity contribution in [1.29, 1.82) is 0 Å². The molecule has 0 fully saturated rings. The number of nitrogens with one attached hydrogen (secondary N) is 1. The highest BCUT2D eigenvalue weighted by Gasteiger charge is 2.15. The Labute approximate surface area is 126 Å². The molecule has 1 aromatic heterocycles. The summed E-state index contributed by atoms with van der Waals surface area (Å²) in [5.41, 5.74) is 0.104. The van der Waals surface area contributed by atoms with Gasteiger partial charge in [-0.15, -0.1) is 0 Å². The first-order chi connectivity index (χ1) is 9.97. The summed E-state index contributed by atoms with van der Waals surface area (Å²) in [7, 11) is 0. The van der Waals surface area contributed by atoms with Gasteiger partial charge in [0.2, 0.25) is 0 Å². The molecule has 3 nitrogen and oxygen atoms in total. The summed E-state index contributed by atoms with van der Waals surface area (Å²) >= 11 is 5.71. The van der Waals surface area contributed by atoms with Crippen LogP contribution in [0.3, 0.4) is 0 Å². The van der Waals surface area contributed by atoms with E-state index >= 15 is 0 Å². The van der Waals surface area contributed by atoms with Gasteiger partial charge in [0, 0.05) is 11.6 Å². The number of aromatic nitrogens is 1. The molecule has 1 heterocycles. The van der Waals surface area contributed by atoms with Crippen LogP contribution in [0.1, 0.15) is 23.0 Å². The second-order valence-corrected chi connectivity index (χ2v) is 5.01. The van der Waals surface area contributed by atoms with E-state index in [4.69, 9.17) is 11.6 Å². The Morgan fingerprint density at radius 2 is 1.86 bits per heavy atom. The Morgan fingerprint density at radius 3 is 2.48 bits per heavy atom. The van der Waals surface area contributed by atoms with Gasteiger partial charge in [-0.1, -0.05) is 23.7 Å². The van der Waals surface area contributed by atoms with Crippen molar-refractivity contribution in [3.05, 3.63) is 64.4 Å². The molecule has 0 radical (unpaired) electrons. The summed E-state index contributed by atoms with van der Waals surface area (Å²) in [5.74, 6) is -1.70. The lowest BCUT2D eigenvalue weighted by Crippen LogP contribution is -2.35. The molecular weight excluding hydrogens is 298 g/mol. The minimum atomic E-state index is -0.628. The molecule has 2 aromatic rings. The minimum absolute atomic E-state index is 0.0464. The molecule has 0 saturated carbocycles. The summed E-state index contributed by atoms with van der Waals surface area (Å²) in [6.45, 7) is 1.66. The largest absolute Gasteiger partial charge is 0.348 e. The molecule has 0 saturated heterocycles. The van der Waals surface area contributed by atoms with Crippen molar-refractivity contribution in [2.45, 2.75) is 19.4 Å². The molecular formula is C15H13ClF2N2O. The highest BCUT2D eigenvalue weighted by atomic mass is 35.5. The van der Waals surface area contributed by atoms with Gasteiger partial charge in [-0.05, 0) is 37.6 Å². The van der Waals surface area contributed by atoms with Gasteiger partial charge < -0.3 is 5.32 Å². The van der Waals surface area contributed by atoms with E-state index in [1.807, 2.05) is 0 Å². The summed E-state index contributed by atoms with van der Waals surface area (Å²) < 4.78 is 27.1. The summed E-state index contributed by atoms with van der Waals surface area (Å²) in [4.78, 5) is 15.8. The maximum atomic E-state index is 13.5. The van der Waals surface area contributed by atoms with Gasteiger partial charge in [-0.25, -0.2) is 13.8 Å². The zero-order chi connectivity index (χ0) is 15.4. The summed E-state index contributed by atoms with van der Waals surface area (Å²) in [6, 6.07) is 7.88. The van der Waals surface area contributed by atoms with Gasteiger partial charge in [-0.3, -0.25) is 4.79 Å². The SMILES string of the molecule is CC(Cc1c(F)cccc1F)NC(=O)c1cccc(Cl)n1. The van der Waals surface area contributed by atoms with E-state index in [2.05, 4.69) is 10.3 Å². The van der Waals surface area contributed by atoms with Crippen molar-refractivity contribution in [2.24, 2.45) is 0 Å². The smallest absolute Gasteiger partial charge is 0.270 e. The molecule has 21 heavy (non-hydrogen) atoms. The van der Waals surface area contributed by atoms with Gasteiger partial charge >= 0.3 is 0 Å². The molecule has 0 aliphatic heterocycles. The van der Waals surface area contributed by atoms with Gasteiger partial charge in [0.15, 0.2) is 0 Å². The van der Waals surface area contributed by atoms with Gasteiger partial charge in [0.1, 0.15) is 22.5 Å². The van der Waals surface area contributed by atoms with E-state index in [0.29, 0.717) is 0 Å². The Kier molecular flexibility index (Phi) is 4.85. The van der Waals surface area contributed by atoms with Gasteiger partial charge in [-0.2, -0.15) is 0 Å². The minimum Gasteiger partial charge on any atom is -0.348 e. The number of benzene rings is 1. The fourth-order valence-corrected chi connectivity index (χ4v) is 2.08. The lowest BCUT2D eigenvalue weighted by molar-refractivity contribution is 0.0934. The maximum Gasteiger partial charge on any atom is 0.270 e. The Morgan fingerprint density at radius 1 is 1.24 bits per heavy atom. The predicted molar refractivity (Wildman–Crippen MR) is 76.2 cm³/mol. The lowest BCUT2D eigenvalue weighted by atomic mass is 10.1. The Balaban J connectivity index is 2.05. The third-order valence-corrected chi connectivity index (χ3v) is 3.11. The molecule has 110 valence electrons. The highest BCUT2D eigenvalue weighted by molar-refractivity contribution is 6.29. The van der Waals surface area contributed by atoms with E-state index in [1.54, 1.807) is 19.1 Å². The summed E-state index contributed by atoms with van der Waals surface area (Å²) in [6.07, 6.45) is 0.0464. The number of hydrogen-bond donors (Lipinski definition) is 1. The second kappa shape index (κ2) is 6.63. The molecule has 2 rings (SSSR count). The van der Waals surface area contributed by atoms with Crippen LogP contribution < -0.4 is 5.32 Å². The molecule has 0 bridgehead atoms. The monoisotopic (exact) mass is 310 g/mol. The normalized spacial score (nSPS) is 12.0. The molecule has 1 N–H and O–H groups in total. The first-order valence-electron chi connectivity index (χ1n) is 6.33. The molecule has 1 amide bonds. The third kappa shape index (κ3) is 3.98. The Hall–Kier alpha value is -2.01. The molecule has 1 aromatic carbocycles. The van der Waals surface area contributed by atoms with Crippen molar-refractivity contribution in [2.75, 3.05) is 0 Å². The number of nitrogens with zero attached hydrogens (tertiary/aromatic N) is 1. The van der Waals surface area contributed by atoms with Gasteiger partial charge in [0.25, 0.3) is 5.91 Å². The zero-order valence-electron chi connectivity index (χ0n) is 11.2. The molecule has 0 spiro atoms. The average molecular weight is 311 g/mol. The fraction of sp³-hybridized carbons (Fsp3) is 0.200. The number of carbonyl (C=O) groups is 1. The van der Waals surface area contributed by atoms with Crippen LogP contribution in [0.5, 0.6) is 0 Å². The van der Waals surface area contributed by atoms with Crippen molar-refractivity contribution < 1.29 is 13.6 Å². The van der Waals surface area contributed by atoms with E-state index in [-0.39, 0.29) is 22.8 Å². The van der Waals surface area contributed by atoms with Crippen LogP contribution in [-0.4, -0.2) is 16.9 Å². The molecule has 1 atom stereocenters. The fourth-order valence-electron chi connectivity index (χ4n) is 1.92. The van der Waals surface area contributed by atoms with E-state index in [0.717, 1.165) is 0 Å². The molecule has 0 aliphatic rings. The maximum absolute atomic E-state index is 13.5. The van der Waals surface area contributed by atoms with E-state index in [9.17, 15) is 13.6 Å². The number of rotatable bonds is 4. The van der Waals surface area contributed by atoms with E-state index < -0.39 is 23.6 Å². The van der Waals surface area contributed by atoms with Crippen LogP contribution in [0, 0.1) is 11.6 Å². The standard InChI is InChI=1S/C15H13ClF2N2O/c1-9(8-10-11(17)4-2-5-12(10)18)19-15(21)13-6-3-7-14(16)20-13/h2-7,9H,8H2,1H3,(H,19,21). The highest BCUT2D eigenvalue weighted by Crippen LogP contribution is 2.14. The van der Waals surface area contributed by atoms with E-state index in [1.165, 1.54) is 24.3 Å². The van der Waals surface area contributed by atoms with Crippen LogP contribution in [-0.2, 0) is 6.42 Å². The van der Waals surface area contributed by atoms with Crippen molar-refractivity contribution >= 4 is 17.5 Å². The number of amides is 1. The predicted octanol–water partition coefficient (Wildman–Crippen LogP) is 3.37. The van der Waals surface area contributed by atoms with Crippen molar-refractivity contribution in [3.63, 3.8) is 0 Å². The quantitative estimate of drug-likeness (QED) is 0.880.